The van der Waals surface area contributed by atoms with Crippen LogP contribution in [0.1, 0.15) is 26.2 Å². The Balaban J connectivity index is 1.42. The van der Waals surface area contributed by atoms with Crippen molar-refractivity contribution in [3.8, 4) is 5.75 Å². The van der Waals surface area contributed by atoms with Crippen LogP contribution in [0.4, 0.5) is 0 Å². The van der Waals surface area contributed by atoms with Crippen molar-refractivity contribution in [3.63, 3.8) is 0 Å². The molecule has 4 nitrogen and oxygen atoms in total. The fraction of sp³-hybridized carbons (Fsp3) is 0.667. The molecular weight excluding hydrogens is 278 g/mol. The topological polar surface area (TPSA) is 41.9 Å². The average Bonchev–Trinajstić information content (AvgIpc) is 2.56. The van der Waals surface area contributed by atoms with Crippen LogP contribution in [-0.2, 0) is 4.74 Å². The van der Waals surface area contributed by atoms with Crippen molar-refractivity contribution in [2.24, 2.45) is 5.41 Å². The van der Waals surface area contributed by atoms with E-state index in [1.165, 1.54) is 0 Å². The summed E-state index contributed by atoms with van der Waals surface area (Å²) in [6, 6.07) is 9.96. The minimum absolute atomic E-state index is 0.0206. The molecule has 2 atom stereocenters. The highest BCUT2D eigenvalue weighted by molar-refractivity contribution is 5.20. The maximum absolute atomic E-state index is 10.2. The molecule has 1 N–H and O–H groups in total. The second-order valence-corrected chi connectivity index (χ2v) is 6.43. The number of para-hydroxylation sites is 1. The number of likely N-dealkylation sites (tertiary alicyclic amines) is 1. The van der Waals surface area contributed by atoms with E-state index < -0.39 is 0 Å². The molecule has 0 amide bonds. The largest absolute Gasteiger partial charge is 0.492 e. The van der Waals surface area contributed by atoms with Crippen LogP contribution in [0.3, 0.4) is 0 Å². The van der Waals surface area contributed by atoms with Gasteiger partial charge >= 0.3 is 0 Å². The molecule has 2 fully saturated rings. The number of piperidine rings is 1. The number of rotatable bonds is 6. The summed E-state index contributed by atoms with van der Waals surface area (Å²) in [6.07, 6.45) is 2.96. The number of hydrogen-bond acceptors (Lipinski definition) is 4. The predicted octanol–water partition coefficient (Wildman–Crippen LogP) is 2.32. The molecule has 1 saturated carbocycles. The first-order valence-corrected chi connectivity index (χ1v) is 8.44. The lowest BCUT2D eigenvalue weighted by atomic mass is 9.58. The summed E-state index contributed by atoms with van der Waals surface area (Å²) in [5.74, 6) is 0.932. The van der Waals surface area contributed by atoms with Gasteiger partial charge in [-0.1, -0.05) is 18.2 Å². The normalized spacial score (nSPS) is 27.5. The van der Waals surface area contributed by atoms with Crippen LogP contribution in [0, 0.1) is 5.41 Å². The summed E-state index contributed by atoms with van der Waals surface area (Å²) in [4.78, 5) is 2.43. The van der Waals surface area contributed by atoms with E-state index >= 15 is 0 Å². The molecule has 22 heavy (non-hydrogen) atoms. The van der Waals surface area contributed by atoms with Crippen LogP contribution < -0.4 is 4.74 Å². The summed E-state index contributed by atoms with van der Waals surface area (Å²) in [6.45, 7) is 6.49. The van der Waals surface area contributed by atoms with E-state index in [2.05, 4.69) is 4.90 Å². The number of aliphatic hydroxyl groups excluding tert-OH is 1. The van der Waals surface area contributed by atoms with Crippen molar-refractivity contribution in [3.05, 3.63) is 30.3 Å². The molecule has 1 aliphatic carbocycles. The number of aliphatic hydroxyl groups is 1. The van der Waals surface area contributed by atoms with Crippen LogP contribution in [0.25, 0.3) is 0 Å². The van der Waals surface area contributed by atoms with Crippen molar-refractivity contribution in [1.82, 2.24) is 4.90 Å². The van der Waals surface area contributed by atoms with Gasteiger partial charge < -0.3 is 14.6 Å². The quantitative estimate of drug-likeness (QED) is 0.876. The Labute approximate surface area is 133 Å². The van der Waals surface area contributed by atoms with E-state index in [0.717, 1.165) is 51.3 Å². The van der Waals surface area contributed by atoms with Gasteiger partial charge in [0.15, 0.2) is 0 Å². The lowest BCUT2D eigenvalue weighted by Crippen LogP contribution is -2.62. The zero-order valence-corrected chi connectivity index (χ0v) is 13.4. The summed E-state index contributed by atoms with van der Waals surface area (Å²) in [5.41, 5.74) is 0.0206. The Bertz CT molecular complexity index is 455. The van der Waals surface area contributed by atoms with Crippen LogP contribution >= 0.6 is 0 Å². The minimum atomic E-state index is -0.174. The zero-order valence-electron chi connectivity index (χ0n) is 13.4. The standard InChI is InChI=1S/C18H27NO3/c1-2-21-17-14-16(20)18(17)8-10-19(11-9-18)12-13-22-15-6-4-3-5-7-15/h3-7,16-17,20H,2,8-14H2,1H3. The maximum atomic E-state index is 10.2. The molecule has 2 unspecified atom stereocenters. The predicted molar refractivity (Wildman–Crippen MR) is 86.1 cm³/mol. The molecule has 0 radical (unpaired) electrons. The van der Waals surface area contributed by atoms with Gasteiger partial charge in [0.05, 0.1) is 12.2 Å². The van der Waals surface area contributed by atoms with Gasteiger partial charge in [0.25, 0.3) is 0 Å². The molecule has 4 heteroatoms. The Kier molecular flexibility index (Phi) is 5.01. The van der Waals surface area contributed by atoms with Gasteiger partial charge in [-0.15, -0.1) is 0 Å². The molecule has 3 rings (SSSR count). The SMILES string of the molecule is CCOC1CC(O)C12CCN(CCOc1ccccc1)CC2. The average molecular weight is 305 g/mol. The maximum Gasteiger partial charge on any atom is 0.119 e. The van der Waals surface area contributed by atoms with E-state index in [1.54, 1.807) is 0 Å². The highest BCUT2D eigenvalue weighted by Gasteiger charge is 2.55. The van der Waals surface area contributed by atoms with Crippen molar-refractivity contribution < 1.29 is 14.6 Å². The van der Waals surface area contributed by atoms with Crippen LogP contribution in [0.2, 0.25) is 0 Å². The first kappa shape index (κ1) is 15.8. The van der Waals surface area contributed by atoms with Gasteiger partial charge in [-0.3, -0.25) is 4.90 Å². The highest BCUT2D eigenvalue weighted by atomic mass is 16.5. The molecule has 122 valence electrons. The van der Waals surface area contributed by atoms with Gasteiger partial charge in [-0.25, -0.2) is 0 Å². The van der Waals surface area contributed by atoms with Crippen molar-refractivity contribution in [2.75, 3.05) is 32.8 Å². The van der Waals surface area contributed by atoms with Gasteiger partial charge in [0, 0.05) is 25.0 Å². The Hall–Kier alpha value is -1.10. The monoisotopic (exact) mass is 305 g/mol. The number of nitrogens with zero attached hydrogens (tertiary/aromatic N) is 1. The lowest BCUT2D eigenvalue weighted by Gasteiger charge is -2.56. The molecule has 0 bridgehead atoms. The molecule has 1 spiro atoms. The van der Waals surface area contributed by atoms with Crippen LogP contribution in [0.15, 0.2) is 30.3 Å². The molecule has 0 aromatic heterocycles. The van der Waals surface area contributed by atoms with Gasteiger partial charge in [0.2, 0.25) is 0 Å². The summed E-state index contributed by atoms with van der Waals surface area (Å²) in [5, 5.41) is 10.2. The third-order valence-corrected chi connectivity index (χ3v) is 5.32. The van der Waals surface area contributed by atoms with Gasteiger partial charge in [-0.2, -0.15) is 0 Å². The zero-order chi connectivity index (χ0) is 15.4. The Morgan fingerprint density at radius 2 is 1.95 bits per heavy atom. The van der Waals surface area contributed by atoms with Crippen molar-refractivity contribution in [2.45, 2.75) is 38.4 Å². The molecule has 1 saturated heterocycles. The molecular formula is C18H27NO3. The fourth-order valence-electron chi connectivity index (χ4n) is 3.82. The van der Waals surface area contributed by atoms with E-state index in [-0.39, 0.29) is 17.6 Å². The molecule has 1 aromatic rings. The summed E-state index contributed by atoms with van der Waals surface area (Å²) >= 11 is 0. The molecule has 1 aromatic carbocycles. The van der Waals surface area contributed by atoms with E-state index in [4.69, 9.17) is 9.47 Å². The van der Waals surface area contributed by atoms with Crippen molar-refractivity contribution in [1.29, 1.82) is 0 Å². The Morgan fingerprint density at radius 1 is 1.23 bits per heavy atom. The first-order chi connectivity index (χ1) is 10.7. The molecule has 2 aliphatic rings. The Morgan fingerprint density at radius 3 is 2.59 bits per heavy atom. The van der Waals surface area contributed by atoms with E-state index in [0.29, 0.717) is 6.61 Å². The highest BCUT2D eigenvalue weighted by Crippen LogP contribution is 2.50. The molecule has 1 aliphatic heterocycles. The van der Waals surface area contributed by atoms with E-state index in [1.807, 2.05) is 37.3 Å². The number of ether oxygens (including phenoxy) is 2. The third kappa shape index (κ3) is 3.14. The van der Waals surface area contributed by atoms with Crippen molar-refractivity contribution >= 4 is 0 Å². The summed E-state index contributed by atoms with van der Waals surface area (Å²) in [7, 11) is 0. The fourth-order valence-corrected chi connectivity index (χ4v) is 3.82. The minimum Gasteiger partial charge on any atom is -0.492 e. The van der Waals surface area contributed by atoms with Gasteiger partial charge in [-0.05, 0) is 45.0 Å². The summed E-state index contributed by atoms with van der Waals surface area (Å²) < 4.78 is 11.6. The smallest absolute Gasteiger partial charge is 0.119 e. The number of hydrogen-bond donors (Lipinski definition) is 1. The molecule has 1 heterocycles. The second kappa shape index (κ2) is 6.99. The van der Waals surface area contributed by atoms with Crippen LogP contribution in [0.5, 0.6) is 5.75 Å². The number of benzene rings is 1. The lowest BCUT2D eigenvalue weighted by molar-refractivity contribution is -0.209. The second-order valence-electron chi connectivity index (χ2n) is 6.43. The third-order valence-electron chi connectivity index (χ3n) is 5.32. The van der Waals surface area contributed by atoms with Gasteiger partial charge in [0.1, 0.15) is 12.4 Å². The first-order valence-electron chi connectivity index (χ1n) is 8.44. The van der Waals surface area contributed by atoms with Crippen LogP contribution in [-0.4, -0.2) is 55.1 Å². The van der Waals surface area contributed by atoms with E-state index in [9.17, 15) is 5.11 Å².